The van der Waals surface area contributed by atoms with Gasteiger partial charge in [-0.2, -0.15) is 28.2 Å². The van der Waals surface area contributed by atoms with E-state index >= 15 is 0 Å². The average molecular weight is 528 g/mol. The maximum absolute atomic E-state index is 13.0. The van der Waals surface area contributed by atoms with Crippen molar-refractivity contribution in [1.29, 1.82) is 5.26 Å². The summed E-state index contributed by atoms with van der Waals surface area (Å²) in [5.74, 6) is -0.184. The molecule has 1 aliphatic heterocycles. The normalized spacial score (nSPS) is 14.7. The van der Waals surface area contributed by atoms with Crippen LogP contribution in [0.3, 0.4) is 0 Å². The second kappa shape index (κ2) is 11.2. The fourth-order valence-corrected chi connectivity index (χ4v) is 3.81. The predicted molar refractivity (Wildman–Crippen MR) is 128 cm³/mol. The first kappa shape index (κ1) is 26.5. The minimum Gasteiger partial charge on any atom is -0.493 e. The Bertz CT molecular complexity index is 1360. The SMILES string of the molecule is Cc1ccc(-n2nc3c(c2NC(=O)CC#N)C(=O)NC(CCOc2cccc(OCC(F)(F)F)c2)C3)nc1. The molecule has 1 aliphatic rings. The topological polar surface area (TPSA) is 131 Å². The lowest BCUT2D eigenvalue weighted by molar-refractivity contribution is -0.153. The van der Waals surface area contributed by atoms with Gasteiger partial charge in [-0.3, -0.25) is 9.59 Å². The van der Waals surface area contributed by atoms with E-state index in [1.54, 1.807) is 24.4 Å². The number of nitriles is 1. The smallest absolute Gasteiger partial charge is 0.422 e. The molecule has 4 rings (SSSR count). The fraction of sp³-hybridized carbons (Fsp3) is 0.320. The first-order valence-corrected chi connectivity index (χ1v) is 11.6. The molecule has 10 nitrogen and oxygen atoms in total. The number of rotatable bonds is 9. The molecule has 2 N–H and O–H groups in total. The van der Waals surface area contributed by atoms with Crippen molar-refractivity contribution in [3.63, 3.8) is 0 Å². The number of aryl methyl sites for hydroxylation is 1. The number of hydrogen-bond donors (Lipinski definition) is 2. The quantitative estimate of drug-likeness (QED) is 0.435. The highest BCUT2D eigenvalue weighted by atomic mass is 19.4. The average Bonchev–Trinajstić information content (AvgIpc) is 3.21. The van der Waals surface area contributed by atoms with E-state index in [0.717, 1.165) is 5.56 Å². The summed E-state index contributed by atoms with van der Waals surface area (Å²) >= 11 is 0. The van der Waals surface area contributed by atoms with Crippen LogP contribution in [0.4, 0.5) is 19.0 Å². The van der Waals surface area contributed by atoms with Crippen molar-refractivity contribution in [2.75, 3.05) is 18.5 Å². The van der Waals surface area contributed by atoms with E-state index in [1.165, 1.54) is 22.9 Å². The Morgan fingerprint density at radius 3 is 2.71 bits per heavy atom. The molecule has 1 aromatic carbocycles. The number of pyridine rings is 1. The number of fused-ring (bicyclic) bond motifs is 1. The Kier molecular flexibility index (Phi) is 7.80. The first-order chi connectivity index (χ1) is 18.1. The maximum Gasteiger partial charge on any atom is 0.422 e. The Labute approximate surface area is 215 Å². The van der Waals surface area contributed by atoms with Crippen molar-refractivity contribution in [1.82, 2.24) is 20.1 Å². The van der Waals surface area contributed by atoms with Crippen LogP contribution in [0.15, 0.2) is 42.6 Å². The molecule has 0 saturated heterocycles. The van der Waals surface area contributed by atoms with E-state index in [1.807, 2.05) is 13.0 Å². The van der Waals surface area contributed by atoms with Gasteiger partial charge in [-0.1, -0.05) is 12.1 Å². The lowest BCUT2D eigenvalue weighted by Gasteiger charge is -2.23. The van der Waals surface area contributed by atoms with Crippen molar-refractivity contribution < 1.29 is 32.2 Å². The van der Waals surface area contributed by atoms with Gasteiger partial charge in [-0.15, -0.1) is 0 Å². The van der Waals surface area contributed by atoms with Gasteiger partial charge in [0, 0.05) is 31.1 Å². The Hall–Kier alpha value is -4.60. The molecule has 0 radical (unpaired) electrons. The van der Waals surface area contributed by atoms with Crippen molar-refractivity contribution in [3.05, 3.63) is 59.4 Å². The molecule has 38 heavy (non-hydrogen) atoms. The van der Waals surface area contributed by atoms with Gasteiger partial charge in [0.15, 0.2) is 18.2 Å². The summed E-state index contributed by atoms with van der Waals surface area (Å²) < 4.78 is 48.9. The van der Waals surface area contributed by atoms with Crippen LogP contribution in [-0.4, -0.2) is 52.0 Å². The number of aromatic nitrogens is 3. The van der Waals surface area contributed by atoms with Gasteiger partial charge in [0.2, 0.25) is 5.91 Å². The third kappa shape index (κ3) is 6.58. The largest absolute Gasteiger partial charge is 0.493 e. The van der Waals surface area contributed by atoms with E-state index in [0.29, 0.717) is 30.1 Å². The summed E-state index contributed by atoms with van der Waals surface area (Å²) in [7, 11) is 0. The number of halogens is 3. The molecular weight excluding hydrogens is 505 g/mol. The molecule has 2 aromatic heterocycles. The van der Waals surface area contributed by atoms with Crippen LogP contribution in [-0.2, 0) is 11.2 Å². The molecule has 1 atom stereocenters. The number of carbonyl (C=O) groups is 2. The molecule has 1 unspecified atom stereocenters. The molecule has 0 bridgehead atoms. The fourth-order valence-electron chi connectivity index (χ4n) is 3.81. The van der Waals surface area contributed by atoms with Crippen LogP contribution >= 0.6 is 0 Å². The summed E-state index contributed by atoms with van der Waals surface area (Å²) in [6.45, 7) is 0.623. The first-order valence-electron chi connectivity index (χ1n) is 11.6. The van der Waals surface area contributed by atoms with Gasteiger partial charge in [-0.25, -0.2) is 4.98 Å². The third-order valence-electron chi connectivity index (χ3n) is 5.51. The van der Waals surface area contributed by atoms with Crippen LogP contribution in [0.5, 0.6) is 11.5 Å². The summed E-state index contributed by atoms with van der Waals surface area (Å²) in [5, 5.41) is 18.9. The van der Waals surface area contributed by atoms with Gasteiger partial charge >= 0.3 is 6.18 Å². The summed E-state index contributed by atoms with van der Waals surface area (Å²) in [6.07, 6.45) is -2.51. The molecule has 3 heterocycles. The highest BCUT2D eigenvalue weighted by Crippen LogP contribution is 2.28. The van der Waals surface area contributed by atoms with Crippen molar-refractivity contribution in [2.45, 2.75) is 38.4 Å². The number of nitrogens with zero attached hydrogens (tertiary/aromatic N) is 4. The molecule has 13 heteroatoms. The van der Waals surface area contributed by atoms with Crippen molar-refractivity contribution >= 4 is 17.6 Å². The van der Waals surface area contributed by atoms with Gasteiger partial charge in [0.25, 0.3) is 5.91 Å². The zero-order valence-electron chi connectivity index (χ0n) is 20.2. The lowest BCUT2D eigenvalue weighted by Crippen LogP contribution is -2.42. The summed E-state index contributed by atoms with van der Waals surface area (Å²) in [6, 6.07) is 10.8. The number of ether oxygens (including phenoxy) is 2. The standard InChI is InChI=1S/C25H23F3N6O4/c1-15-5-6-20(30-13-15)34-23(32-21(35)7-9-29)22-19(33-34)11-16(31-24(22)36)8-10-37-17-3-2-4-18(12-17)38-14-25(26,27)28/h2-6,12-13,16H,7-8,10-11,14H2,1H3,(H,31,36)(H,32,35). The lowest BCUT2D eigenvalue weighted by atomic mass is 9.99. The molecular formula is C25H23F3N6O4. The van der Waals surface area contributed by atoms with E-state index in [-0.39, 0.29) is 29.8 Å². The van der Waals surface area contributed by atoms with E-state index < -0.39 is 31.0 Å². The van der Waals surface area contributed by atoms with Gasteiger partial charge in [-0.05, 0) is 30.7 Å². The van der Waals surface area contributed by atoms with Gasteiger partial charge in [0.1, 0.15) is 23.5 Å². The third-order valence-corrected chi connectivity index (χ3v) is 5.51. The number of benzene rings is 1. The van der Waals surface area contributed by atoms with Crippen LogP contribution in [0.1, 0.15) is 34.5 Å². The molecule has 3 aromatic rings. The highest BCUT2D eigenvalue weighted by molar-refractivity contribution is 6.05. The van der Waals surface area contributed by atoms with Crippen molar-refractivity contribution in [3.8, 4) is 23.4 Å². The van der Waals surface area contributed by atoms with Crippen LogP contribution in [0.25, 0.3) is 5.82 Å². The monoisotopic (exact) mass is 528 g/mol. The number of anilines is 1. The highest BCUT2D eigenvalue weighted by Gasteiger charge is 2.33. The zero-order valence-corrected chi connectivity index (χ0v) is 20.2. The molecule has 0 spiro atoms. The Morgan fingerprint density at radius 2 is 2.03 bits per heavy atom. The summed E-state index contributed by atoms with van der Waals surface area (Å²) in [5.41, 5.74) is 1.54. The molecule has 0 saturated carbocycles. The zero-order chi connectivity index (χ0) is 27.3. The molecule has 0 aliphatic carbocycles. The van der Waals surface area contributed by atoms with E-state index in [2.05, 4.69) is 20.7 Å². The Balaban J connectivity index is 1.46. The molecule has 2 amide bonds. The molecule has 198 valence electrons. The van der Waals surface area contributed by atoms with Crippen molar-refractivity contribution in [2.24, 2.45) is 0 Å². The number of hydrogen-bond acceptors (Lipinski definition) is 7. The minimum absolute atomic E-state index is 0.0247. The maximum atomic E-state index is 13.0. The predicted octanol–water partition coefficient (Wildman–Crippen LogP) is 3.49. The second-order valence-electron chi connectivity index (χ2n) is 8.55. The van der Waals surface area contributed by atoms with Crippen LogP contribution in [0, 0.1) is 18.3 Å². The second-order valence-corrected chi connectivity index (χ2v) is 8.55. The van der Waals surface area contributed by atoms with Crippen LogP contribution < -0.4 is 20.1 Å². The van der Waals surface area contributed by atoms with E-state index in [4.69, 9.17) is 14.7 Å². The Morgan fingerprint density at radius 1 is 1.26 bits per heavy atom. The van der Waals surface area contributed by atoms with Gasteiger partial charge in [0.05, 0.1) is 18.4 Å². The van der Waals surface area contributed by atoms with Crippen LogP contribution in [0.2, 0.25) is 0 Å². The number of carbonyl (C=O) groups excluding carboxylic acids is 2. The van der Waals surface area contributed by atoms with E-state index in [9.17, 15) is 22.8 Å². The number of alkyl halides is 3. The minimum atomic E-state index is -4.45. The van der Waals surface area contributed by atoms with Gasteiger partial charge < -0.3 is 20.1 Å². The molecule has 0 fully saturated rings. The number of amides is 2. The number of nitrogens with one attached hydrogen (secondary N) is 2. The summed E-state index contributed by atoms with van der Waals surface area (Å²) in [4.78, 5) is 29.5.